The number of benzene rings is 1. The molecule has 2 N–H and O–H groups in total. The van der Waals surface area contributed by atoms with Crippen LogP contribution in [-0.4, -0.2) is 20.6 Å². The lowest BCUT2D eigenvalue weighted by Gasteiger charge is -2.27. The first-order valence-corrected chi connectivity index (χ1v) is 7.04. The number of fused-ring (bicyclic) bond motifs is 1. The lowest BCUT2D eigenvalue weighted by Crippen LogP contribution is -2.25. The van der Waals surface area contributed by atoms with E-state index in [1.54, 1.807) is 16.7 Å². The van der Waals surface area contributed by atoms with E-state index in [1.165, 1.54) is 6.07 Å². The van der Waals surface area contributed by atoms with E-state index in [4.69, 9.17) is 5.11 Å². The van der Waals surface area contributed by atoms with Crippen LogP contribution >= 0.6 is 0 Å². The van der Waals surface area contributed by atoms with Gasteiger partial charge in [0.1, 0.15) is 0 Å². The second kappa shape index (κ2) is 4.81. The first-order valence-electron chi connectivity index (χ1n) is 7.04. The Bertz CT molecular complexity index is 705. The standard InChI is InChI=1S/C15H18N2O3/c1-9-2-5-11(6-3-9)17-13-7-4-10(14(18)19)8-12(13)16-15(17)20/h4,7-9,11H,2-3,5-6H2,1H3,(H,16,20)(H,18,19). The zero-order valence-corrected chi connectivity index (χ0v) is 11.4. The maximum Gasteiger partial charge on any atom is 0.335 e. The summed E-state index contributed by atoms with van der Waals surface area (Å²) < 4.78 is 1.80. The van der Waals surface area contributed by atoms with Crippen LogP contribution in [0.15, 0.2) is 23.0 Å². The van der Waals surface area contributed by atoms with Crippen LogP contribution < -0.4 is 5.69 Å². The van der Waals surface area contributed by atoms with Crippen molar-refractivity contribution in [2.45, 2.75) is 38.6 Å². The van der Waals surface area contributed by atoms with Gasteiger partial charge in [0.05, 0.1) is 16.6 Å². The van der Waals surface area contributed by atoms with Gasteiger partial charge in [0.15, 0.2) is 0 Å². The fourth-order valence-corrected chi connectivity index (χ4v) is 3.13. The molecule has 0 unspecified atom stereocenters. The van der Waals surface area contributed by atoms with Gasteiger partial charge >= 0.3 is 11.7 Å². The van der Waals surface area contributed by atoms with E-state index in [0.29, 0.717) is 5.52 Å². The fraction of sp³-hybridized carbons (Fsp3) is 0.467. The molecule has 5 nitrogen and oxygen atoms in total. The van der Waals surface area contributed by atoms with E-state index in [-0.39, 0.29) is 17.3 Å². The number of aromatic nitrogens is 2. The van der Waals surface area contributed by atoms with Crippen molar-refractivity contribution in [2.24, 2.45) is 5.92 Å². The first kappa shape index (κ1) is 13.0. The summed E-state index contributed by atoms with van der Waals surface area (Å²) >= 11 is 0. The van der Waals surface area contributed by atoms with Gasteiger partial charge in [0, 0.05) is 6.04 Å². The lowest BCUT2D eigenvalue weighted by molar-refractivity contribution is 0.0697. The molecule has 1 saturated carbocycles. The summed E-state index contributed by atoms with van der Waals surface area (Å²) in [4.78, 5) is 25.9. The van der Waals surface area contributed by atoms with Crippen molar-refractivity contribution < 1.29 is 9.90 Å². The van der Waals surface area contributed by atoms with Gasteiger partial charge in [-0.2, -0.15) is 0 Å². The van der Waals surface area contributed by atoms with Crippen LogP contribution in [0.3, 0.4) is 0 Å². The van der Waals surface area contributed by atoms with Crippen molar-refractivity contribution in [2.75, 3.05) is 0 Å². The molecule has 1 fully saturated rings. The van der Waals surface area contributed by atoms with E-state index < -0.39 is 5.97 Å². The van der Waals surface area contributed by atoms with Crippen molar-refractivity contribution in [3.8, 4) is 0 Å². The van der Waals surface area contributed by atoms with Crippen LogP contribution in [0.4, 0.5) is 0 Å². The van der Waals surface area contributed by atoms with Crippen LogP contribution in [0.2, 0.25) is 0 Å². The number of nitrogens with one attached hydrogen (secondary N) is 1. The molecule has 1 aliphatic rings. The highest BCUT2D eigenvalue weighted by molar-refractivity contribution is 5.92. The Morgan fingerprint density at radius 3 is 2.65 bits per heavy atom. The summed E-state index contributed by atoms with van der Waals surface area (Å²) in [6.45, 7) is 2.24. The zero-order valence-electron chi connectivity index (χ0n) is 11.4. The highest BCUT2D eigenvalue weighted by Crippen LogP contribution is 2.32. The number of imidazole rings is 1. The molecular weight excluding hydrogens is 256 g/mol. The maximum atomic E-state index is 12.2. The van der Waals surface area contributed by atoms with Crippen molar-refractivity contribution >= 4 is 17.0 Å². The molecule has 0 bridgehead atoms. The number of carboxylic acids is 1. The predicted molar refractivity (Wildman–Crippen MR) is 76.2 cm³/mol. The highest BCUT2D eigenvalue weighted by atomic mass is 16.4. The Labute approximate surface area is 116 Å². The average molecular weight is 274 g/mol. The number of nitrogens with zero attached hydrogens (tertiary/aromatic N) is 1. The van der Waals surface area contributed by atoms with E-state index >= 15 is 0 Å². The minimum Gasteiger partial charge on any atom is -0.478 e. The quantitative estimate of drug-likeness (QED) is 0.884. The third kappa shape index (κ3) is 2.13. The van der Waals surface area contributed by atoms with E-state index in [1.807, 2.05) is 0 Å². The molecule has 20 heavy (non-hydrogen) atoms. The fourth-order valence-electron chi connectivity index (χ4n) is 3.13. The molecule has 106 valence electrons. The number of carboxylic acid groups (broad SMARTS) is 1. The molecule has 0 amide bonds. The van der Waals surface area contributed by atoms with Gasteiger partial charge in [0.2, 0.25) is 0 Å². The number of hydrogen-bond acceptors (Lipinski definition) is 2. The average Bonchev–Trinajstić information content (AvgIpc) is 2.74. The second-order valence-corrected chi connectivity index (χ2v) is 5.75. The van der Waals surface area contributed by atoms with Crippen LogP contribution in [0.1, 0.15) is 49.0 Å². The smallest absolute Gasteiger partial charge is 0.335 e. The van der Waals surface area contributed by atoms with Crippen molar-refractivity contribution in [3.05, 3.63) is 34.2 Å². The molecule has 5 heteroatoms. The Kier molecular flexibility index (Phi) is 3.12. The van der Waals surface area contributed by atoms with E-state index in [0.717, 1.165) is 37.1 Å². The largest absolute Gasteiger partial charge is 0.478 e. The molecule has 2 aromatic rings. The van der Waals surface area contributed by atoms with Gasteiger partial charge in [0.25, 0.3) is 0 Å². The molecule has 3 rings (SSSR count). The van der Waals surface area contributed by atoms with Crippen LogP contribution in [0, 0.1) is 5.92 Å². The van der Waals surface area contributed by atoms with Crippen molar-refractivity contribution in [1.29, 1.82) is 0 Å². The minimum atomic E-state index is -0.980. The summed E-state index contributed by atoms with van der Waals surface area (Å²) in [6, 6.07) is 5.04. The molecule has 0 atom stereocenters. The normalized spacial score (nSPS) is 23.1. The number of rotatable bonds is 2. The Balaban J connectivity index is 2.05. The van der Waals surface area contributed by atoms with Gasteiger partial charge in [-0.1, -0.05) is 6.92 Å². The molecule has 0 radical (unpaired) electrons. The number of carbonyl (C=O) groups is 1. The Morgan fingerprint density at radius 1 is 1.30 bits per heavy atom. The second-order valence-electron chi connectivity index (χ2n) is 5.75. The molecule has 0 aliphatic heterocycles. The molecule has 0 spiro atoms. The summed E-state index contributed by atoms with van der Waals surface area (Å²) in [5.41, 5.74) is 1.47. The summed E-state index contributed by atoms with van der Waals surface area (Å²) in [5, 5.41) is 9.00. The van der Waals surface area contributed by atoms with Crippen molar-refractivity contribution in [3.63, 3.8) is 0 Å². The van der Waals surface area contributed by atoms with Gasteiger partial charge in [-0.25, -0.2) is 9.59 Å². The summed E-state index contributed by atoms with van der Waals surface area (Å²) in [6.07, 6.45) is 4.29. The monoisotopic (exact) mass is 274 g/mol. The first-order chi connectivity index (χ1) is 9.56. The third-order valence-corrected chi connectivity index (χ3v) is 4.31. The van der Waals surface area contributed by atoms with Gasteiger partial charge in [-0.3, -0.25) is 4.57 Å². The summed E-state index contributed by atoms with van der Waals surface area (Å²) in [7, 11) is 0. The van der Waals surface area contributed by atoms with Crippen LogP contribution in [0.25, 0.3) is 11.0 Å². The SMILES string of the molecule is CC1CCC(n2c(=O)[nH]c3cc(C(=O)O)ccc32)CC1. The van der Waals surface area contributed by atoms with Crippen LogP contribution in [0.5, 0.6) is 0 Å². The van der Waals surface area contributed by atoms with E-state index in [2.05, 4.69) is 11.9 Å². The van der Waals surface area contributed by atoms with Crippen LogP contribution in [-0.2, 0) is 0 Å². The molecule has 1 heterocycles. The van der Waals surface area contributed by atoms with Crippen molar-refractivity contribution in [1.82, 2.24) is 9.55 Å². The third-order valence-electron chi connectivity index (χ3n) is 4.31. The molecular formula is C15H18N2O3. The highest BCUT2D eigenvalue weighted by Gasteiger charge is 2.23. The number of hydrogen-bond donors (Lipinski definition) is 2. The molecule has 1 aromatic carbocycles. The van der Waals surface area contributed by atoms with Gasteiger partial charge < -0.3 is 10.1 Å². The maximum absolute atomic E-state index is 12.2. The predicted octanol–water partition coefficient (Wildman–Crippen LogP) is 2.78. The zero-order chi connectivity index (χ0) is 14.3. The lowest BCUT2D eigenvalue weighted by atomic mass is 9.87. The number of H-pyrrole nitrogens is 1. The number of aromatic carboxylic acids is 1. The minimum absolute atomic E-state index is 0.137. The van der Waals surface area contributed by atoms with Gasteiger partial charge in [-0.15, -0.1) is 0 Å². The number of aromatic amines is 1. The molecule has 1 aliphatic carbocycles. The van der Waals surface area contributed by atoms with Gasteiger partial charge in [-0.05, 0) is 49.8 Å². The Hall–Kier alpha value is -2.04. The van der Waals surface area contributed by atoms with E-state index in [9.17, 15) is 9.59 Å². The molecule has 1 aromatic heterocycles. The topological polar surface area (TPSA) is 75.1 Å². The molecule has 0 saturated heterocycles. The Morgan fingerprint density at radius 2 is 2.00 bits per heavy atom. The summed E-state index contributed by atoms with van der Waals surface area (Å²) in [5.74, 6) is -0.252.